The number of carbonyl (C=O) groups excluding carboxylic acids is 1. The first-order chi connectivity index (χ1) is 12.2. The molecular weight excluding hydrogens is 354 g/mol. The molecule has 1 aliphatic rings. The van der Waals surface area contributed by atoms with E-state index in [4.69, 9.17) is 5.73 Å². The van der Waals surface area contributed by atoms with Crippen LogP contribution in [0.4, 0.5) is 0 Å². The van der Waals surface area contributed by atoms with E-state index in [-0.39, 0.29) is 0 Å². The summed E-state index contributed by atoms with van der Waals surface area (Å²) in [6.45, 7) is 0.514. The number of carbonyl (C=O) groups is 1. The Balaban J connectivity index is 1.41. The number of thiazole rings is 1. The van der Waals surface area contributed by atoms with E-state index in [9.17, 15) is 4.79 Å². The van der Waals surface area contributed by atoms with Crippen molar-refractivity contribution in [1.29, 1.82) is 0 Å². The van der Waals surface area contributed by atoms with E-state index >= 15 is 0 Å². The standard InChI is InChI=1S/C17H15N5OS2/c18-15(23)11-5-1-2-6-12(11)16-19-9-22(21-16)10-24-17-20-13-7-3-4-8-14(13)25-17/h1-8H,9-10H2,(H2,18,23)(H,19,21). The largest absolute Gasteiger partial charge is 0.366 e. The van der Waals surface area contributed by atoms with Crippen LogP contribution in [0.3, 0.4) is 0 Å². The molecule has 0 bridgehead atoms. The van der Waals surface area contributed by atoms with Crippen molar-refractivity contribution in [2.75, 3.05) is 12.5 Å². The first-order valence-electron chi connectivity index (χ1n) is 7.64. The van der Waals surface area contributed by atoms with E-state index in [1.54, 1.807) is 35.2 Å². The van der Waals surface area contributed by atoms with Gasteiger partial charge in [-0.15, -0.1) is 11.3 Å². The Kier molecular flexibility index (Phi) is 4.39. The van der Waals surface area contributed by atoms with E-state index in [2.05, 4.69) is 21.5 Å². The molecule has 3 aromatic rings. The fourth-order valence-electron chi connectivity index (χ4n) is 2.55. The molecule has 1 amide bonds. The average molecular weight is 369 g/mol. The zero-order valence-electron chi connectivity index (χ0n) is 13.2. The molecular formula is C17H15N5OS2. The first kappa shape index (κ1) is 16.1. The van der Waals surface area contributed by atoms with E-state index in [1.165, 1.54) is 4.70 Å². The van der Waals surface area contributed by atoms with Gasteiger partial charge in [-0.3, -0.25) is 4.79 Å². The normalized spacial score (nSPS) is 14.5. The van der Waals surface area contributed by atoms with Crippen LogP contribution < -0.4 is 11.2 Å². The van der Waals surface area contributed by atoms with Gasteiger partial charge in [-0.05, 0) is 18.2 Å². The lowest BCUT2D eigenvalue weighted by Crippen LogP contribution is -2.36. The molecule has 0 saturated carbocycles. The lowest BCUT2D eigenvalue weighted by Gasteiger charge is -2.15. The molecule has 2 aromatic carbocycles. The molecule has 4 rings (SSSR count). The Hall–Kier alpha value is -2.42. The van der Waals surface area contributed by atoms with Crippen LogP contribution in [0.5, 0.6) is 0 Å². The number of para-hydroxylation sites is 1. The van der Waals surface area contributed by atoms with Gasteiger partial charge in [-0.25, -0.2) is 9.98 Å². The molecule has 1 aliphatic heterocycles. The minimum Gasteiger partial charge on any atom is -0.366 e. The number of nitrogens with one attached hydrogen (secondary N) is 1. The first-order valence-corrected chi connectivity index (χ1v) is 9.44. The van der Waals surface area contributed by atoms with Crippen LogP contribution in [0.15, 0.2) is 57.9 Å². The van der Waals surface area contributed by atoms with E-state index < -0.39 is 5.91 Å². The highest BCUT2D eigenvalue weighted by Crippen LogP contribution is 2.29. The summed E-state index contributed by atoms with van der Waals surface area (Å²) in [5, 5.41) is 1.98. The van der Waals surface area contributed by atoms with Crippen molar-refractivity contribution < 1.29 is 4.79 Å². The third-order valence-corrected chi connectivity index (χ3v) is 5.94. The maximum Gasteiger partial charge on any atom is 0.249 e. The van der Waals surface area contributed by atoms with Crippen molar-refractivity contribution in [1.82, 2.24) is 15.4 Å². The highest BCUT2D eigenvalue weighted by atomic mass is 32.2. The van der Waals surface area contributed by atoms with E-state index in [1.807, 2.05) is 35.3 Å². The molecule has 0 radical (unpaired) electrons. The number of hydrogen-bond donors (Lipinski definition) is 2. The fourth-order valence-corrected chi connectivity index (χ4v) is 4.48. The smallest absolute Gasteiger partial charge is 0.249 e. The number of amides is 1. The SMILES string of the molecule is NC(=O)c1ccccc1C1=NCN(CSc2nc3ccccc3s2)N1. The second-order valence-electron chi connectivity index (χ2n) is 5.43. The summed E-state index contributed by atoms with van der Waals surface area (Å²) < 4.78 is 2.21. The summed E-state index contributed by atoms with van der Waals surface area (Å²) in [4.78, 5) is 20.7. The minimum absolute atomic E-state index is 0.456. The Morgan fingerprint density at radius 3 is 2.88 bits per heavy atom. The third kappa shape index (κ3) is 3.37. The molecule has 0 saturated heterocycles. The van der Waals surface area contributed by atoms with Crippen molar-refractivity contribution in [3.63, 3.8) is 0 Å². The van der Waals surface area contributed by atoms with Gasteiger partial charge in [0.25, 0.3) is 0 Å². The molecule has 25 heavy (non-hydrogen) atoms. The Labute approximate surface area is 152 Å². The summed E-state index contributed by atoms with van der Waals surface area (Å²) in [5.41, 5.74) is 10.9. The number of rotatable bonds is 5. The molecule has 6 nitrogen and oxygen atoms in total. The summed E-state index contributed by atoms with van der Waals surface area (Å²) in [7, 11) is 0. The van der Waals surface area contributed by atoms with Gasteiger partial charge in [0.15, 0.2) is 4.34 Å². The third-order valence-electron chi connectivity index (χ3n) is 3.73. The van der Waals surface area contributed by atoms with Crippen molar-refractivity contribution in [2.24, 2.45) is 10.7 Å². The summed E-state index contributed by atoms with van der Waals surface area (Å²) in [6, 6.07) is 15.3. The lowest BCUT2D eigenvalue weighted by molar-refractivity contribution is 0.1000. The van der Waals surface area contributed by atoms with Crippen molar-refractivity contribution in [3.05, 3.63) is 59.7 Å². The predicted molar refractivity (Wildman–Crippen MR) is 102 cm³/mol. The average Bonchev–Trinajstić information content (AvgIpc) is 3.26. The number of fused-ring (bicyclic) bond motifs is 1. The van der Waals surface area contributed by atoms with Crippen molar-refractivity contribution in [3.8, 4) is 0 Å². The van der Waals surface area contributed by atoms with Gasteiger partial charge in [0, 0.05) is 5.56 Å². The summed E-state index contributed by atoms with van der Waals surface area (Å²) >= 11 is 3.34. The number of primary amides is 1. The highest BCUT2D eigenvalue weighted by molar-refractivity contribution is 8.01. The molecule has 1 aromatic heterocycles. The van der Waals surface area contributed by atoms with Crippen LogP contribution in [0.25, 0.3) is 10.2 Å². The van der Waals surface area contributed by atoms with Gasteiger partial charge in [-0.1, -0.05) is 42.1 Å². The van der Waals surface area contributed by atoms with Crippen molar-refractivity contribution in [2.45, 2.75) is 4.34 Å². The number of aromatic nitrogens is 1. The van der Waals surface area contributed by atoms with Gasteiger partial charge in [0.1, 0.15) is 12.5 Å². The zero-order chi connectivity index (χ0) is 17.2. The summed E-state index contributed by atoms with van der Waals surface area (Å²) in [5.74, 6) is 0.910. The van der Waals surface area contributed by atoms with Crippen LogP contribution in [0, 0.1) is 0 Å². The number of amidine groups is 1. The van der Waals surface area contributed by atoms with Crippen LogP contribution >= 0.6 is 23.1 Å². The fraction of sp³-hybridized carbons (Fsp3) is 0.118. The monoisotopic (exact) mass is 369 g/mol. The van der Waals surface area contributed by atoms with Gasteiger partial charge in [-0.2, -0.15) is 5.01 Å². The molecule has 0 atom stereocenters. The molecule has 0 aliphatic carbocycles. The van der Waals surface area contributed by atoms with E-state index in [0.717, 1.165) is 15.4 Å². The van der Waals surface area contributed by atoms with Crippen LogP contribution in [-0.2, 0) is 0 Å². The number of nitrogens with two attached hydrogens (primary N) is 1. The van der Waals surface area contributed by atoms with E-state index in [0.29, 0.717) is 23.9 Å². The molecule has 0 unspecified atom stereocenters. The van der Waals surface area contributed by atoms with Gasteiger partial charge < -0.3 is 11.2 Å². The number of aliphatic imine (C=N–C) groups is 1. The summed E-state index contributed by atoms with van der Waals surface area (Å²) in [6.07, 6.45) is 0. The second-order valence-corrected chi connectivity index (χ2v) is 7.65. The molecule has 8 heteroatoms. The van der Waals surface area contributed by atoms with Gasteiger partial charge in [0.2, 0.25) is 5.91 Å². The molecule has 2 heterocycles. The highest BCUT2D eigenvalue weighted by Gasteiger charge is 2.20. The number of hydrogen-bond acceptors (Lipinski definition) is 7. The maximum atomic E-state index is 11.6. The molecule has 0 spiro atoms. The predicted octanol–water partition coefficient (Wildman–Crippen LogP) is 2.67. The van der Waals surface area contributed by atoms with Crippen LogP contribution in [0.1, 0.15) is 15.9 Å². The Morgan fingerprint density at radius 2 is 2.04 bits per heavy atom. The molecule has 126 valence electrons. The number of benzene rings is 2. The number of thioether (sulfide) groups is 1. The molecule has 0 fully saturated rings. The Bertz CT molecular complexity index is 935. The number of hydrazine groups is 1. The zero-order valence-corrected chi connectivity index (χ0v) is 14.8. The van der Waals surface area contributed by atoms with Crippen LogP contribution in [0.2, 0.25) is 0 Å². The second kappa shape index (κ2) is 6.83. The van der Waals surface area contributed by atoms with Crippen LogP contribution in [-0.4, -0.2) is 34.3 Å². The quantitative estimate of drug-likeness (QED) is 0.676. The lowest BCUT2D eigenvalue weighted by atomic mass is 10.1. The minimum atomic E-state index is -0.456. The molecule has 3 N–H and O–H groups in total. The topological polar surface area (TPSA) is 83.6 Å². The van der Waals surface area contributed by atoms with Gasteiger partial charge >= 0.3 is 0 Å². The van der Waals surface area contributed by atoms with Crippen molar-refractivity contribution >= 4 is 45.1 Å². The van der Waals surface area contributed by atoms with Gasteiger partial charge in [0.05, 0.1) is 21.7 Å². The maximum absolute atomic E-state index is 11.6. The number of nitrogens with zero attached hydrogens (tertiary/aromatic N) is 3. The Morgan fingerprint density at radius 1 is 1.24 bits per heavy atom.